The predicted octanol–water partition coefficient (Wildman–Crippen LogP) is 2.38. The second kappa shape index (κ2) is 7.31. The molecule has 0 atom stereocenters. The van der Waals surface area contributed by atoms with Gasteiger partial charge in [-0.15, -0.1) is 15.3 Å². The smallest absolute Gasteiger partial charge is 0.273 e. The van der Waals surface area contributed by atoms with Crippen molar-refractivity contribution >= 4 is 17.2 Å². The molecule has 0 bridgehead atoms. The van der Waals surface area contributed by atoms with Gasteiger partial charge < -0.3 is 5.32 Å². The number of amides is 1. The van der Waals surface area contributed by atoms with Crippen LogP contribution >= 0.6 is 11.3 Å². The number of rotatable bonds is 6. The lowest BCUT2D eigenvalue weighted by Gasteiger charge is -2.02. The van der Waals surface area contributed by atoms with E-state index in [1.807, 2.05) is 30.3 Å². The summed E-state index contributed by atoms with van der Waals surface area (Å²) in [6, 6.07) is 9.83. The van der Waals surface area contributed by atoms with E-state index in [-0.39, 0.29) is 5.91 Å². The Hall–Kier alpha value is -2.61. The number of carbonyl (C=O) groups is 1. The highest BCUT2D eigenvalue weighted by Gasteiger charge is 2.13. The molecule has 0 spiro atoms. The topological polar surface area (TPSA) is 85.6 Å². The van der Waals surface area contributed by atoms with Crippen LogP contribution in [0.15, 0.2) is 36.5 Å². The lowest BCUT2D eigenvalue weighted by Crippen LogP contribution is -2.23. The van der Waals surface area contributed by atoms with E-state index in [4.69, 9.17) is 0 Å². The maximum atomic E-state index is 12.1. The van der Waals surface area contributed by atoms with E-state index in [9.17, 15) is 4.79 Å². The molecule has 2 aromatic heterocycles. The van der Waals surface area contributed by atoms with Gasteiger partial charge in [-0.2, -0.15) is 0 Å². The van der Waals surface area contributed by atoms with E-state index >= 15 is 0 Å². The monoisotopic (exact) mass is 342 g/mol. The molecule has 0 aliphatic carbocycles. The number of aromatic nitrogens is 5. The molecule has 0 unspecified atom stereocenters. The summed E-state index contributed by atoms with van der Waals surface area (Å²) in [6.45, 7) is 5.22. The third-order valence-electron chi connectivity index (χ3n) is 3.21. The number of nitrogens with zero attached hydrogens (tertiary/aromatic N) is 5. The molecular formula is C16H18N6OS. The van der Waals surface area contributed by atoms with E-state index in [1.54, 1.807) is 10.9 Å². The SMILES string of the molecule is CC(C)Cn1cc(C(=O)NCc2nnc(-c3ccccc3)s2)nn1. The van der Waals surface area contributed by atoms with Crippen molar-refractivity contribution in [2.45, 2.75) is 26.9 Å². The third-order valence-corrected chi connectivity index (χ3v) is 4.18. The summed E-state index contributed by atoms with van der Waals surface area (Å²) < 4.78 is 1.68. The van der Waals surface area contributed by atoms with Gasteiger partial charge in [0.1, 0.15) is 10.0 Å². The van der Waals surface area contributed by atoms with Gasteiger partial charge >= 0.3 is 0 Å². The Kier molecular flexibility index (Phi) is 4.95. The van der Waals surface area contributed by atoms with Crippen molar-refractivity contribution in [2.24, 2.45) is 5.92 Å². The van der Waals surface area contributed by atoms with Gasteiger partial charge in [-0.3, -0.25) is 9.48 Å². The van der Waals surface area contributed by atoms with Crippen LogP contribution in [0.2, 0.25) is 0 Å². The molecule has 0 aliphatic rings. The molecule has 0 saturated heterocycles. The van der Waals surface area contributed by atoms with Gasteiger partial charge in [0.15, 0.2) is 5.69 Å². The van der Waals surface area contributed by atoms with Crippen molar-refractivity contribution in [1.29, 1.82) is 0 Å². The summed E-state index contributed by atoms with van der Waals surface area (Å²) in [5.41, 5.74) is 1.33. The summed E-state index contributed by atoms with van der Waals surface area (Å²) in [4.78, 5) is 12.1. The molecule has 0 fully saturated rings. The Morgan fingerprint density at radius 1 is 1.21 bits per heavy atom. The fourth-order valence-corrected chi connectivity index (χ4v) is 2.92. The Labute approximate surface area is 143 Å². The Morgan fingerprint density at radius 2 is 2.00 bits per heavy atom. The zero-order chi connectivity index (χ0) is 16.9. The van der Waals surface area contributed by atoms with E-state index in [2.05, 4.69) is 39.7 Å². The fourth-order valence-electron chi connectivity index (χ4n) is 2.13. The molecule has 8 heteroatoms. The number of hydrogen-bond donors (Lipinski definition) is 1. The molecule has 0 saturated carbocycles. The number of benzene rings is 1. The fraction of sp³-hybridized carbons (Fsp3) is 0.312. The second-order valence-corrected chi connectivity index (χ2v) is 6.83. The van der Waals surface area contributed by atoms with Crippen molar-refractivity contribution in [2.75, 3.05) is 0 Å². The van der Waals surface area contributed by atoms with Crippen LogP contribution in [0, 0.1) is 5.92 Å². The Balaban J connectivity index is 1.59. The van der Waals surface area contributed by atoms with Gasteiger partial charge in [-0.05, 0) is 5.92 Å². The molecule has 1 N–H and O–H groups in total. The largest absolute Gasteiger partial charge is 0.344 e. The maximum absolute atomic E-state index is 12.1. The molecule has 1 amide bonds. The summed E-state index contributed by atoms with van der Waals surface area (Å²) in [6.07, 6.45) is 1.66. The molecule has 1 aromatic carbocycles. The van der Waals surface area contributed by atoms with E-state index in [0.29, 0.717) is 18.2 Å². The van der Waals surface area contributed by atoms with Crippen LogP contribution in [0.1, 0.15) is 29.3 Å². The Morgan fingerprint density at radius 3 is 2.75 bits per heavy atom. The first kappa shape index (κ1) is 16.3. The standard InChI is InChI=1S/C16H18N6OS/c1-11(2)9-22-10-13(18-21-22)15(23)17-8-14-19-20-16(24-14)12-6-4-3-5-7-12/h3-7,10-11H,8-9H2,1-2H3,(H,17,23). The first-order valence-electron chi connectivity index (χ1n) is 7.68. The highest BCUT2D eigenvalue weighted by molar-refractivity contribution is 7.14. The van der Waals surface area contributed by atoms with Crippen LogP contribution in [-0.2, 0) is 13.1 Å². The first-order chi connectivity index (χ1) is 11.6. The second-order valence-electron chi connectivity index (χ2n) is 5.77. The summed E-state index contributed by atoms with van der Waals surface area (Å²) in [5, 5.41) is 20.5. The molecule has 3 aromatic rings. The van der Waals surface area contributed by atoms with E-state index < -0.39 is 0 Å². The van der Waals surface area contributed by atoms with Crippen LogP contribution in [0.5, 0.6) is 0 Å². The van der Waals surface area contributed by atoms with Gasteiger partial charge in [-0.1, -0.05) is 60.7 Å². The maximum Gasteiger partial charge on any atom is 0.273 e. The van der Waals surface area contributed by atoms with Gasteiger partial charge in [0.05, 0.1) is 12.7 Å². The van der Waals surface area contributed by atoms with Gasteiger partial charge in [0.2, 0.25) is 0 Å². The lowest BCUT2D eigenvalue weighted by atomic mass is 10.2. The molecule has 0 aliphatic heterocycles. The zero-order valence-electron chi connectivity index (χ0n) is 13.5. The van der Waals surface area contributed by atoms with Crippen molar-refractivity contribution in [3.8, 4) is 10.6 Å². The summed E-state index contributed by atoms with van der Waals surface area (Å²) in [7, 11) is 0. The normalized spacial score (nSPS) is 11.0. The molecule has 24 heavy (non-hydrogen) atoms. The summed E-state index contributed by atoms with van der Waals surface area (Å²) in [5.74, 6) is 0.182. The van der Waals surface area contributed by atoms with Crippen LogP contribution in [0.25, 0.3) is 10.6 Å². The van der Waals surface area contributed by atoms with E-state index in [0.717, 1.165) is 22.1 Å². The molecular weight excluding hydrogens is 324 g/mol. The Bertz CT molecular complexity index is 811. The number of nitrogens with one attached hydrogen (secondary N) is 1. The first-order valence-corrected chi connectivity index (χ1v) is 8.49. The molecule has 3 rings (SSSR count). The minimum atomic E-state index is -0.263. The third kappa shape index (κ3) is 4.02. The van der Waals surface area contributed by atoms with Gasteiger partial charge in [0, 0.05) is 12.1 Å². The average Bonchev–Trinajstić information content (AvgIpc) is 3.22. The number of carbonyl (C=O) groups excluding carboxylic acids is 1. The molecule has 7 nitrogen and oxygen atoms in total. The van der Waals surface area contributed by atoms with Crippen LogP contribution in [0.4, 0.5) is 0 Å². The van der Waals surface area contributed by atoms with E-state index in [1.165, 1.54) is 11.3 Å². The van der Waals surface area contributed by atoms with Crippen molar-refractivity contribution in [1.82, 2.24) is 30.5 Å². The minimum absolute atomic E-state index is 0.263. The van der Waals surface area contributed by atoms with Crippen molar-refractivity contribution < 1.29 is 4.79 Å². The summed E-state index contributed by atoms with van der Waals surface area (Å²) >= 11 is 1.46. The quantitative estimate of drug-likeness (QED) is 0.743. The van der Waals surface area contributed by atoms with Crippen LogP contribution in [-0.4, -0.2) is 31.1 Å². The van der Waals surface area contributed by atoms with Gasteiger partial charge in [0.25, 0.3) is 5.91 Å². The average molecular weight is 342 g/mol. The van der Waals surface area contributed by atoms with Crippen molar-refractivity contribution in [3.63, 3.8) is 0 Å². The lowest BCUT2D eigenvalue weighted by molar-refractivity contribution is 0.0945. The van der Waals surface area contributed by atoms with Crippen LogP contribution < -0.4 is 5.32 Å². The molecule has 0 radical (unpaired) electrons. The number of hydrogen-bond acceptors (Lipinski definition) is 6. The zero-order valence-corrected chi connectivity index (χ0v) is 14.3. The van der Waals surface area contributed by atoms with Gasteiger partial charge in [-0.25, -0.2) is 0 Å². The van der Waals surface area contributed by atoms with Crippen molar-refractivity contribution in [3.05, 3.63) is 47.2 Å². The predicted molar refractivity (Wildman–Crippen MR) is 91.4 cm³/mol. The highest BCUT2D eigenvalue weighted by atomic mass is 32.1. The van der Waals surface area contributed by atoms with Crippen LogP contribution in [0.3, 0.4) is 0 Å². The molecule has 124 valence electrons. The highest BCUT2D eigenvalue weighted by Crippen LogP contribution is 2.22. The molecule has 2 heterocycles. The minimum Gasteiger partial charge on any atom is -0.344 e.